The van der Waals surface area contributed by atoms with Gasteiger partial charge in [0.05, 0.1) is 26.4 Å². The number of amides is 2. The molecule has 2 aromatic carbocycles. The smallest absolute Gasteiger partial charge is 0.319 e. The van der Waals surface area contributed by atoms with E-state index in [2.05, 4.69) is 10.6 Å². The van der Waals surface area contributed by atoms with Gasteiger partial charge in [0.1, 0.15) is 5.75 Å². The van der Waals surface area contributed by atoms with Crippen molar-refractivity contribution in [2.24, 2.45) is 0 Å². The normalized spacial score (nSPS) is 19.8. The molecule has 1 saturated heterocycles. The topological polar surface area (TPSA) is 59.6 Å². The van der Waals surface area contributed by atoms with Gasteiger partial charge in [-0.2, -0.15) is 0 Å². The second kappa shape index (κ2) is 7.55. The average molecular weight is 347 g/mol. The van der Waals surface area contributed by atoms with Crippen LogP contribution in [-0.4, -0.2) is 32.4 Å². The summed E-state index contributed by atoms with van der Waals surface area (Å²) >= 11 is 5.84. The molecule has 0 saturated carbocycles. The highest BCUT2D eigenvalue weighted by atomic mass is 35.5. The van der Waals surface area contributed by atoms with E-state index in [4.69, 9.17) is 21.1 Å². The molecule has 0 radical (unpaired) electrons. The van der Waals surface area contributed by atoms with Gasteiger partial charge in [-0.25, -0.2) is 4.79 Å². The van der Waals surface area contributed by atoms with E-state index in [0.29, 0.717) is 23.9 Å². The molecular formula is C18H19ClN2O3. The van der Waals surface area contributed by atoms with Crippen molar-refractivity contribution in [3.63, 3.8) is 0 Å². The quantitative estimate of drug-likeness (QED) is 0.888. The third kappa shape index (κ3) is 3.99. The van der Waals surface area contributed by atoms with Crippen LogP contribution in [0.2, 0.25) is 5.02 Å². The van der Waals surface area contributed by atoms with Gasteiger partial charge in [0.25, 0.3) is 0 Å². The first kappa shape index (κ1) is 16.6. The Balaban J connectivity index is 1.62. The fraction of sp³-hybridized carbons (Fsp3) is 0.278. The van der Waals surface area contributed by atoms with Gasteiger partial charge in [-0.05, 0) is 42.0 Å². The van der Waals surface area contributed by atoms with E-state index in [1.165, 1.54) is 0 Å². The number of urea groups is 1. The molecule has 0 aliphatic carbocycles. The van der Waals surface area contributed by atoms with Crippen molar-refractivity contribution in [3.05, 3.63) is 59.1 Å². The molecule has 0 bridgehead atoms. The third-order valence-electron chi connectivity index (χ3n) is 4.04. The molecule has 2 N–H and O–H groups in total. The number of carbonyl (C=O) groups is 1. The van der Waals surface area contributed by atoms with Crippen LogP contribution in [-0.2, 0) is 4.74 Å². The first-order chi connectivity index (χ1) is 11.7. The second-order valence-corrected chi connectivity index (χ2v) is 6.07. The number of carbonyl (C=O) groups excluding carboxylic acids is 1. The molecule has 5 nitrogen and oxygen atoms in total. The summed E-state index contributed by atoms with van der Waals surface area (Å²) in [6, 6.07) is 14.5. The van der Waals surface area contributed by atoms with Gasteiger partial charge >= 0.3 is 6.03 Å². The minimum absolute atomic E-state index is 0.0781. The number of benzene rings is 2. The first-order valence-electron chi connectivity index (χ1n) is 7.70. The summed E-state index contributed by atoms with van der Waals surface area (Å²) in [7, 11) is 1.64. The Hall–Kier alpha value is -2.24. The summed E-state index contributed by atoms with van der Waals surface area (Å²) in [5.41, 5.74) is 1.81. The molecule has 1 heterocycles. The Morgan fingerprint density at radius 2 is 1.83 bits per heavy atom. The molecule has 1 fully saturated rings. The van der Waals surface area contributed by atoms with Crippen LogP contribution in [0.15, 0.2) is 48.5 Å². The maximum absolute atomic E-state index is 12.2. The average Bonchev–Trinajstić information content (AvgIpc) is 3.05. The number of hydrogen-bond acceptors (Lipinski definition) is 3. The van der Waals surface area contributed by atoms with Crippen molar-refractivity contribution < 1.29 is 14.3 Å². The van der Waals surface area contributed by atoms with Gasteiger partial charge in [0.15, 0.2) is 0 Å². The van der Waals surface area contributed by atoms with Gasteiger partial charge in [-0.1, -0.05) is 23.7 Å². The minimum atomic E-state index is -0.258. The van der Waals surface area contributed by atoms with Crippen molar-refractivity contribution in [2.75, 3.05) is 25.6 Å². The van der Waals surface area contributed by atoms with E-state index < -0.39 is 0 Å². The lowest BCUT2D eigenvalue weighted by Gasteiger charge is -2.20. The standard InChI is InChI=1S/C18H19ClN2O3/c1-23-15-8-2-12(3-9-15)16-10-24-11-17(16)21-18(22)20-14-6-4-13(19)5-7-14/h2-9,16-17H,10-11H2,1H3,(H2,20,21,22)/t16-,17-/m1/s1. The van der Waals surface area contributed by atoms with E-state index in [0.717, 1.165) is 11.3 Å². The number of halogens is 1. The van der Waals surface area contributed by atoms with Crippen LogP contribution >= 0.6 is 11.6 Å². The van der Waals surface area contributed by atoms with Crippen molar-refractivity contribution in [1.29, 1.82) is 0 Å². The Labute approximate surface area is 145 Å². The van der Waals surface area contributed by atoms with Crippen LogP contribution in [0.3, 0.4) is 0 Å². The lowest BCUT2D eigenvalue weighted by Crippen LogP contribution is -2.41. The Morgan fingerprint density at radius 3 is 2.50 bits per heavy atom. The van der Waals surface area contributed by atoms with Crippen molar-refractivity contribution in [2.45, 2.75) is 12.0 Å². The molecule has 2 aromatic rings. The molecule has 3 rings (SSSR count). The highest BCUT2D eigenvalue weighted by Gasteiger charge is 2.30. The zero-order valence-corrected chi connectivity index (χ0v) is 14.0. The maximum Gasteiger partial charge on any atom is 0.319 e. The van der Waals surface area contributed by atoms with Crippen molar-refractivity contribution in [1.82, 2.24) is 5.32 Å². The molecule has 1 aliphatic heterocycles. The molecule has 24 heavy (non-hydrogen) atoms. The first-order valence-corrected chi connectivity index (χ1v) is 8.08. The van der Waals surface area contributed by atoms with E-state index in [9.17, 15) is 4.79 Å². The molecule has 2 atom stereocenters. The minimum Gasteiger partial charge on any atom is -0.497 e. The van der Waals surface area contributed by atoms with E-state index in [1.54, 1.807) is 31.4 Å². The number of rotatable bonds is 4. The fourth-order valence-corrected chi connectivity index (χ4v) is 2.87. The van der Waals surface area contributed by atoms with Crippen LogP contribution < -0.4 is 15.4 Å². The summed E-state index contributed by atoms with van der Waals surface area (Å²) in [6.45, 7) is 1.07. The van der Waals surface area contributed by atoms with Crippen LogP contribution in [0.1, 0.15) is 11.5 Å². The van der Waals surface area contributed by atoms with Gasteiger partial charge in [0, 0.05) is 16.6 Å². The molecule has 0 spiro atoms. The number of methoxy groups -OCH3 is 1. The van der Waals surface area contributed by atoms with Gasteiger partial charge in [-0.3, -0.25) is 0 Å². The summed E-state index contributed by atoms with van der Waals surface area (Å²) in [6.07, 6.45) is 0. The molecule has 1 aliphatic rings. The Bertz CT molecular complexity index is 688. The van der Waals surface area contributed by atoms with E-state index in [-0.39, 0.29) is 18.0 Å². The predicted molar refractivity (Wildman–Crippen MR) is 93.9 cm³/mol. The van der Waals surface area contributed by atoms with Crippen LogP contribution in [0.4, 0.5) is 10.5 Å². The predicted octanol–water partition coefficient (Wildman–Crippen LogP) is 3.65. The molecular weight excluding hydrogens is 328 g/mol. The molecule has 6 heteroatoms. The lowest BCUT2D eigenvalue weighted by atomic mass is 9.94. The fourth-order valence-electron chi connectivity index (χ4n) is 2.74. The van der Waals surface area contributed by atoms with Crippen molar-refractivity contribution >= 4 is 23.3 Å². The summed E-state index contributed by atoms with van der Waals surface area (Å²) in [5.74, 6) is 0.925. The number of ether oxygens (including phenoxy) is 2. The van der Waals surface area contributed by atoms with Crippen LogP contribution in [0.5, 0.6) is 5.75 Å². The molecule has 126 valence electrons. The number of hydrogen-bond donors (Lipinski definition) is 2. The van der Waals surface area contributed by atoms with E-state index >= 15 is 0 Å². The van der Waals surface area contributed by atoms with Crippen molar-refractivity contribution in [3.8, 4) is 5.75 Å². The highest BCUT2D eigenvalue weighted by Crippen LogP contribution is 2.27. The number of nitrogens with one attached hydrogen (secondary N) is 2. The SMILES string of the molecule is COc1ccc([C@H]2COC[C@H]2NC(=O)Nc2ccc(Cl)cc2)cc1. The lowest BCUT2D eigenvalue weighted by molar-refractivity contribution is 0.187. The number of anilines is 1. The summed E-state index contributed by atoms with van der Waals surface area (Å²) in [4.78, 5) is 12.2. The Kier molecular flexibility index (Phi) is 5.23. The molecule has 0 unspecified atom stereocenters. The zero-order chi connectivity index (χ0) is 16.9. The molecule has 0 aromatic heterocycles. The Morgan fingerprint density at radius 1 is 1.12 bits per heavy atom. The van der Waals surface area contributed by atoms with E-state index in [1.807, 2.05) is 24.3 Å². The van der Waals surface area contributed by atoms with Crippen LogP contribution in [0.25, 0.3) is 0 Å². The molecule has 2 amide bonds. The maximum atomic E-state index is 12.2. The van der Waals surface area contributed by atoms with Crippen LogP contribution in [0, 0.1) is 0 Å². The van der Waals surface area contributed by atoms with Gasteiger partial charge in [-0.15, -0.1) is 0 Å². The van der Waals surface area contributed by atoms with Gasteiger partial charge < -0.3 is 20.1 Å². The second-order valence-electron chi connectivity index (χ2n) is 5.63. The summed E-state index contributed by atoms with van der Waals surface area (Å²) < 4.78 is 10.7. The van der Waals surface area contributed by atoms with Gasteiger partial charge in [0.2, 0.25) is 0 Å². The summed E-state index contributed by atoms with van der Waals surface area (Å²) in [5, 5.41) is 6.41. The monoisotopic (exact) mass is 346 g/mol. The third-order valence-corrected chi connectivity index (χ3v) is 4.30. The largest absolute Gasteiger partial charge is 0.497 e. The zero-order valence-electron chi connectivity index (χ0n) is 13.3. The highest BCUT2D eigenvalue weighted by molar-refractivity contribution is 6.30.